The number of aromatic nitrogens is 1. The largest absolute Gasteiger partial charge is 0.404 e. The average molecular weight is 413 g/mol. The molecule has 0 bridgehead atoms. The molecule has 0 amide bonds. The van der Waals surface area contributed by atoms with Crippen molar-refractivity contribution in [3.63, 3.8) is 0 Å². The van der Waals surface area contributed by atoms with Crippen LogP contribution in [0.5, 0.6) is 11.8 Å². The van der Waals surface area contributed by atoms with Gasteiger partial charge in [-0.25, -0.2) is 9.59 Å². The van der Waals surface area contributed by atoms with Gasteiger partial charge in [0.2, 0.25) is 11.8 Å². The van der Waals surface area contributed by atoms with Gasteiger partial charge in [-0.2, -0.15) is 10.2 Å². The standard InChI is InChI=1S/C25H21N2O4/c1-2-3-5-8-18-11-13-20(14-12-18)25(29)31-23-21(17-26)15-16-22(27-23)30-24(28)19-9-6-4-7-10-19/h4,6-7,9-16H,1-3,5,8H2. The van der Waals surface area contributed by atoms with Crippen molar-refractivity contribution in [2.24, 2.45) is 0 Å². The summed E-state index contributed by atoms with van der Waals surface area (Å²) < 4.78 is 10.6. The van der Waals surface area contributed by atoms with Crippen molar-refractivity contribution in [1.82, 2.24) is 4.98 Å². The van der Waals surface area contributed by atoms with Crippen LogP contribution in [0.2, 0.25) is 0 Å². The number of rotatable bonds is 8. The van der Waals surface area contributed by atoms with Crippen molar-refractivity contribution in [3.05, 3.63) is 95.9 Å². The highest BCUT2D eigenvalue weighted by Gasteiger charge is 2.16. The van der Waals surface area contributed by atoms with Crippen molar-refractivity contribution in [2.45, 2.75) is 25.7 Å². The lowest BCUT2D eigenvalue weighted by atomic mass is 10.1. The van der Waals surface area contributed by atoms with Crippen LogP contribution in [0.15, 0.2) is 66.7 Å². The molecule has 0 saturated heterocycles. The summed E-state index contributed by atoms with van der Waals surface area (Å²) in [5.74, 6) is -1.55. The highest BCUT2D eigenvalue weighted by molar-refractivity contribution is 5.91. The third kappa shape index (κ3) is 6.00. The van der Waals surface area contributed by atoms with E-state index in [-0.39, 0.29) is 17.3 Å². The summed E-state index contributed by atoms with van der Waals surface area (Å²) in [4.78, 5) is 28.8. The first-order valence-corrected chi connectivity index (χ1v) is 9.89. The minimum Gasteiger partial charge on any atom is -0.404 e. The van der Waals surface area contributed by atoms with Crippen LogP contribution in [0.3, 0.4) is 0 Å². The van der Waals surface area contributed by atoms with Crippen LogP contribution in [0.25, 0.3) is 0 Å². The first kappa shape index (κ1) is 21.7. The Morgan fingerprint density at radius 2 is 1.55 bits per heavy atom. The van der Waals surface area contributed by atoms with Gasteiger partial charge in [0.1, 0.15) is 11.6 Å². The maximum atomic E-state index is 12.5. The monoisotopic (exact) mass is 413 g/mol. The number of ether oxygens (including phenoxy) is 2. The van der Waals surface area contributed by atoms with E-state index in [1.54, 1.807) is 42.5 Å². The molecule has 3 aromatic rings. The molecule has 0 saturated carbocycles. The van der Waals surface area contributed by atoms with Crippen LogP contribution in [-0.2, 0) is 6.42 Å². The van der Waals surface area contributed by atoms with Crippen molar-refractivity contribution >= 4 is 11.9 Å². The van der Waals surface area contributed by atoms with Gasteiger partial charge in [-0.15, -0.1) is 0 Å². The van der Waals surface area contributed by atoms with E-state index in [0.29, 0.717) is 11.1 Å². The molecule has 3 rings (SSSR count). The van der Waals surface area contributed by atoms with E-state index in [9.17, 15) is 14.9 Å². The lowest BCUT2D eigenvalue weighted by Gasteiger charge is -2.08. The number of nitriles is 1. The SMILES string of the molecule is [CH2]CCCCc1ccc(C(=O)Oc2nc(OC(=O)c3ccccc3)ccc2C#N)cc1. The van der Waals surface area contributed by atoms with E-state index in [2.05, 4.69) is 11.9 Å². The number of unbranched alkanes of at least 4 members (excludes halogenated alkanes) is 2. The number of esters is 2. The Kier molecular flexibility index (Phi) is 7.50. The lowest BCUT2D eigenvalue weighted by molar-refractivity contribution is 0.0717. The Balaban J connectivity index is 1.71. The molecular formula is C25H21N2O4. The Labute approximate surface area is 181 Å². The summed E-state index contributed by atoms with van der Waals surface area (Å²) in [6, 6.07) is 20.2. The molecule has 0 aliphatic heterocycles. The molecule has 6 heteroatoms. The summed E-state index contributed by atoms with van der Waals surface area (Å²) in [6.45, 7) is 3.83. The molecule has 1 radical (unpaired) electrons. The van der Waals surface area contributed by atoms with Gasteiger partial charge < -0.3 is 9.47 Å². The average Bonchev–Trinajstić information content (AvgIpc) is 2.80. The van der Waals surface area contributed by atoms with Gasteiger partial charge in [-0.3, -0.25) is 0 Å². The number of aryl methyl sites for hydroxylation is 1. The van der Waals surface area contributed by atoms with Gasteiger partial charge in [0.05, 0.1) is 11.1 Å². The second-order valence-electron chi connectivity index (χ2n) is 6.77. The van der Waals surface area contributed by atoms with Crippen LogP contribution < -0.4 is 9.47 Å². The maximum Gasteiger partial charge on any atom is 0.344 e. The van der Waals surface area contributed by atoms with Gasteiger partial charge in [-0.05, 0) is 48.7 Å². The van der Waals surface area contributed by atoms with Gasteiger partial charge in [0.15, 0.2) is 0 Å². The van der Waals surface area contributed by atoms with E-state index in [1.807, 2.05) is 18.2 Å². The molecule has 0 unspecified atom stereocenters. The minimum atomic E-state index is -0.653. The van der Waals surface area contributed by atoms with Gasteiger partial charge in [0, 0.05) is 6.07 Å². The van der Waals surface area contributed by atoms with Crippen LogP contribution in [0.1, 0.15) is 51.1 Å². The molecule has 0 aliphatic carbocycles. The smallest absolute Gasteiger partial charge is 0.344 e. The number of hydrogen-bond acceptors (Lipinski definition) is 6. The molecule has 0 N–H and O–H groups in total. The summed E-state index contributed by atoms with van der Waals surface area (Å²) in [5.41, 5.74) is 1.86. The number of pyridine rings is 1. The van der Waals surface area contributed by atoms with Crippen LogP contribution in [-0.4, -0.2) is 16.9 Å². The lowest BCUT2D eigenvalue weighted by Crippen LogP contribution is -2.13. The van der Waals surface area contributed by atoms with Gasteiger partial charge in [-0.1, -0.05) is 50.1 Å². The van der Waals surface area contributed by atoms with E-state index in [1.165, 1.54) is 12.1 Å². The molecule has 0 fully saturated rings. The third-order valence-electron chi connectivity index (χ3n) is 4.51. The Morgan fingerprint density at radius 1 is 0.871 bits per heavy atom. The fourth-order valence-electron chi connectivity index (χ4n) is 2.83. The number of benzene rings is 2. The summed E-state index contributed by atoms with van der Waals surface area (Å²) >= 11 is 0. The fraction of sp³-hybridized carbons (Fsp3) is 0.160. The Hall–Kier alpha value is -3.98. The zero-order chi connectivity index (χ0) is 22.1. The molecule has 1 aromatic heterocycles. The molecular weight excluding hydrogens is 392 g/mol. The fourth-order valence-corrected chi connectivity index (χ4v) is 2.83. The van der Waals surface area contributed by atoms with Gasteiger partial charge in [0.25, 0.3) is 0 Å². The molecule has 0 aliphatic rings. The maximum absolute atomic E-state index is 12.5. The number of carbonyl (C=O) groups excluding carboxylic acids is 2. The molecule has 0 spiro atoms. The predicted octanol–water partition coefficient (Wildman–Crippen LogP) is 4.94. The number of carbonyl (C=O) groups is 2. The highest BCUT2D eigenvalue weighted by Crippen LogP contribution is 2.22. The quantitative estimate of drug-likeness (QED) is 0.384. The van der Waals surface area contributed by atoms with E-state index >= 15 is 0 Å². The zero-order valence-electron chi connectivity index (χ0n) is 16.9. The predicted molar refractivity (Wildman–Crippen MR) is 115 cm³/mol. The summed E-state index contributed by atoms with van der Waals surface area (Å²) in [7, 11) is 0. The molecule has 2 aromatic carbocycles. The van der Waals surface area contributed by atoms with Crippen molar-refractivity contribution < 1.29 is 19.1 Å². The summed E-state index contributed by atoms with van der Waals surface area (Å²) in [5, 5.41) is 9.30. The van der Waals surface area contributed by atoms with E-state index < -0.39 is 11.9 Å². The Bertz CT molecular complexity index is 1090. The highest BCUT2D eigenvalue weighted by atomic mass is 16.6. The number of hydrogen-bond donors (Lipinski definition) is 0. The third-order valence-corrected chi connectivity index (χ3v) is 4.51. The first-order chi connectivity index (χ1) is 15.1. The molecule has 1 heterocycles. The minimum absolute atomic E-state index is 0.0534. The number of nitrogens with zero attached hydrogens (tertiary/aromatic N) is 2. The molecule has 0 atom stereocenters. The second kappa shape index (κ2) is 10.7. The van der Waals surface area contributed by atoms with Crippen LogP contribution in [0, 0.1) is 18.3 Å². The Morgan fingerprint density at radius 3 is 2.23 bits per heavy atom. The molecule has 155 valence electrons. The van der Waals surface area contributed by atoms with E-state index in [4.69, 9.17) is 9.47 Å². The van der Waals surface area contributed by atoms with Gasteiger partial charge >= 0.3 is 11.9 Å². The second-order valence-corrected chi connectivity index (χ2v) is 6.77. The topological polar surface area (TPSA) is 89.3 Å². The first-order valence-electron chi connectivity index (χ1n) is 9.89. The zero-order valence-corrected chi connectivity index (χ0v) is 16.9. The van der Waals surface area contributed by atoms with E-state index in [0.717, 1.165) is 31.2 Å². The van der Waals surface area contributed by atoms with Crippen molar-refractivity contribution in [2.75, 3.05) is 0 Å². The van der Waals surface area contributed by atoms with Crippen LogP contribution in [0.4, 0.5) is 0 Å². The summed E-state index contributed by atoms with van der Waals surface area (Å²) in [6.07, 6.45) is 3.91. The van der Waals surface area contributed by atoms with Crippen molar-refractivity contribution in [3.8, 4) is 17.8 Å². The molecule has 6 nitrogen and oxygen atoms in total. The van der Waals surface area contributed by atoms with Crippen molar-refractivity contribution in [1.29, 1.82) is 5.26 Å². The normalized spacial score (nSPS) is 10.2. The van der Waals surface area contributed by atoms with Crippen LogP contribution >= 0.6 is 0 Å². The molecule has 31 heavy (non-hydrogen) atoms.